The molecule has 0 aliphatic heterocycles. The summed E-state index contributed by atoms with van der Waals surface area (Å²) in [4.78, 5) is 24.2. The van der Waals surface area contributed by atoms with Gasteiger partial charge in [0.05, 0.1) is 10.6 Å². The highest BCUT2D eigenvalue weighted by Gasteiger charge is 2.33. The van der Waals surface area contributed by atoms with Crippen LogP contribution in [0.15, 0.2) is 22.7 Å². The van der Waals surface area contributed by atoms with Crippen molar-refractivity contribution in [2.45, 2.75) is 46.1 Å². The average Bonchev–Trinajstić information content (AvgIpc) is 2.54. The Kier molecular flexibility index (Phi) is 7.32. The van der Waals surface area contributed by atoms with E-state index in [1.165, 1.54) is 0 Å². The highest BCUT2D eigenvalue weighted by atomic mass is 79.9. The Labute approximate surface area is 162 Å². The Balaban J connectivity index is 1.91. The predicted octanol–water partition coefficient (Wildman–Crippen LogP) is 5.26. The third kappa shape index (κ3) is 5.71. The lowest BCUT2D eigenvalue weighted by atomic mass is 9.75. The second-order valence-corrected chi connectivity index (χ2v) is 8.38. The van der Waals surface area contributed by atoms with E-state index in [9.17, 15) is 9.59 Å². The van der Waals surface area contributed by atoms with Crippen LogP contribution in [-0.4, -0.2) is 24.6 Å². The van der Waals surface area contributed by atoms with Gasteiger partial charge in [0.25, 0.3) is 0 Å². The van der Waals surface area contributed by atoms with E-state index in [2.05, 4.69) is 36.7 Å². The van der Waals surface area contributed by atoms with Crippen molar-refractivity contribution < 1.29 is 19.1 Å². The van der Waals surface area contributed by atoms with Gasteiger partial charge in [-0.1, -0.05) is 54.7 Å². The van der Waals surface area contributed by atoms with Gasteiger partial charge in [0.15, 0.2) is 6.61 Å². The number of benzene rings is 1. The minimum absolute atomic E-state index is 0.107. The largest absolute Gasteiger partial charge is 0.460 e. The lowest BCUT2D eigenvalue weighted by molar-refractivity contribution is -0.159. The number of carbonyl (C=O) groups excluding carboxylic acids is 2. The third-order valence-electron chi connectivity index (χ3n) is 4.71. The molecule has 0 amide bonds. The van der Waals surface area contributed by atoms with Crippen LogP contribution >= 0.6 is 27.5 Å². The Morgan fingerprint density at radius 3 is 2.72 bits per heavy atom. The van der Waals surface area contributed by atoms with Gasteiger partial charge in [-0.25, -0.2) is 9.59 Å². The number of esters is 2. The molecule has 3 atom stereocenters. The zero-order chi connectivity index (χ0) is 18.6. The van der Waals surface area contributed by atoms with E-state index >= 15 is 0 Å². The number of hydrogen-bond acceptors (Lipinski definition) is 4. The second kappa shape index (κ2) is 9.04. The van der Waals surface area contributed by atoms with Crippen LogP contribution in [0.4, 0.5) is 0 Å². The number of hydrogen-bond donors (Lipinski definition) is 0. The van der Waals surface area contributed by atoms with E-state index in [1.54, 1.807) is 18.2 Å². The first-order chi connectivity index (χ1) is 11.8. The van der Waals surface area contributed by atoms with Crippen LogP contribution in [-0.2, 0) is 14.3 Å². The number of ether oxygens (including phenoxy) is 2. The fraction of sp³-hybridized carbons (Fsp3) is 0.579. The molecular weight excluding hydrogens is 408 g/mol. The maximum atomic E-state index is 12.1. The average molecular weight is 432 g/mol. The second-order valence-electron chi connectivity index (χ2n) is 7.05. The Bertz CT molecular complexity index is 632. The highest BCUT2D eigenvalue weighted by Crippen LogP contribution is 2.35. The summed E-state index contributed by atoms with van der Waals surface area (Å²) in [5, 5.41) is 0.280. The molecule has 138 valence electrons. The molecule has 0 heterocycles. The van der Waals surface area contributed by atoms with Gasteiger partial charge in [-0.15, -0.1) is 0 Å². The minimum atomic E-state index is -0.638. The van der Waals surface area contributed by atoms with Gasteiger partial charge >= 0.3 is 11.9 Å². The van der Waals surface area contributed by atoms with Gasteiger partial charge in [0.2, 0.25) is 0 Å². The first-order valence-corrected chi connectivity index (χ1v) is 9.76. The van der Waals surface area contributed by atoms with Crippen LogP contribution in [0.2, 0.25) is 5.02 Å². The summed E-state index contributed by atoms with van der Waals surface area (Å²) in [7, 11) is 0. The number of carbonyl (C=O) groups is 2. The molecule has 0 N–H and O–H groups in total. The highest BCUT2D eigenvalue weighted by molar-refractivity contribution is 9.10. The molecule has 1 aliphatic carbocycles. The van der Waals surface area contributed by atoms with E-state index in [0.717, 1.165) is 19.3 Å². The van der Waals surface area contributed by atoms with Crippen molar-refractivity contribution in [3.05, 3.63) is 33.3 Å². The SMILES string of the molecule is CC(C)[C@H]1CC[C@@H](C)C[C@@H]1OC(=O)COC(=O)c1cc(Br)ccc1Cl. The molecule has 25 heavy (non-hydrogen) atoms. The molecule has 0 aromatic heterocycles. The smallest absolute Gasteiger partial charge is 0.344 e. The monoisotopic (exact) mass is 430 g/mol. The molecule has 1 aromatic carbocycles. The van der Waals surface area contributed by atoms with Gasteiger partial charge in [0.1, 0.15) is 6.10 Å². The molecule has 4 nitrogen and oxygen atoms in total. The van der Waals surface area contributed by atoms with E-state index in [1.807, 2.05) is 0 Å². The molecule has 6 heteroatoms. The Morgan fingerprint density at radius 2 is 2.04 bits per heavy atom. The van der Waals surface area contributed by atoms with Gasteiger partial charge in [-0.3, -0.25) is 0 Å². The Morgan fingerprint density at radius 1 is 1.32 bits per heavy atom. The quantitative estimate of drug-likeness (QED) is 0.596. The summed E-state index contributed by atoms with van der Waals surface area (Å²) in [6.45, 7) is 6.07. The fourth-order valence-corrected chi connectivity index (χ4v) is 3.87. The van der Waals surface area contributed by atoms with Crippen LogP contribution in [0, 0.1) is 17.8 Å². The van der Waals surface area contributed by atoms with E-state index < -0.39 is 18.5 Å². The van der Waals surface area contributed by atoms with Gasteiger partial charge < -0.3 is 9.47 Å². The van der Waals surface area contributed by atoms with Crippen molar-refractivity contribution in [3.63, 3.8) is 0 Å². The Hall–Kier alpha value is -1.07. The summed E-state index contributed by atoms with van der Waals surface area (Å²) in [5.74, 6) is 0.199. The van der Waals surface area contributed by atoms with Crippen LogP contribution in [0.25, 0.3) is 0 Å². The first kappa shape index (κ1) is 20.2. The normalized spacial score (nSPS) is 23.4. The van der Waals surface area contributed by atoms with E-state index in [0.29, 0.717) is 22.2 Å². The summed E-state index contributed by atoms with van der Waals surface area (Å²) >= 11 is 9.27. The molecule has 1 fully saturated rings. The zero-order valence-electron chi connectivity index (χ0n) is 14.8. The molecule has 1 saturated carbocycles. The zero-order valence-corrected chi connectivity index (χ0v) is 17.1. The third-order valence-corrected chi connectivity index (χ3v) is 5.54. The van der Waals surface area contributed by atoms with Gasteiger partial charge in [0, 0.05) is 4.47 Å². The first-order valence-electron chi connectivity index (χ1n) is 8.59. The molecule has 0 bridgehead atoms. The molecule has 0 spiro atoms. The number of rotatable bonds is 5. The molecule has 1 aromatic rings. The fourth-order valence-electron chi connectivity index (χ4n) is 3.31. The molecule has 0 radical (unpaired) electrons. The van der Waals surface area contributed by atoms with E-state index in [-0.39, 0.29) is 16.7 Å². The van der Waals surface area contributed by atoms with Crippen molar-refractivity contribution in [2.75, 3.05) is 6.61 Å². The summed E-state index contributed by atoms with van der Waals surface area (Å²) in [6, 6.07) is 4.88. The lowest BCUT2D eigenvalue weighted by Crippen LogP contribution is -2.36. The molecule has 1 aliphatic rings. The van der Waals surface area contributed by atoms with Crippen molar-refractivity contribution in [2.24, 2.45) is 17.8 Å². The molecule has 0 saturated heterocycles. The van der Waals surface area contributed by atoms with Gasteiger partial charge in [-0.2, -0.15) is 0 Å². The predicted molar refractivity (Wildman–Crippen MR) is 101 cm³/mol. The van der Waals surface area contributed by atoms with Crippen LogP contribution in [0.5, 0.6) is 0 Å². The summed E-state index contributed by atoms with van der Waals surface area (Å²) < 4.78 is 11.4. The summed E-state index contributed by atoms with van der Waals surface area (Å²) in [5.41, 5.74) is 0.218. The molecule has 0 unspecified atom stereocenters. The van der Waals surface area contributed by atoms with Gasteiger partial charge in [-0.05, 0) is 48.8 Å². The van der Waals surface area contributed by atoms with Crippen molar-refractivity contribution in [1.29, 1.82) is 0 Å². The standard InChI is InChI=1S/C19H24BrClO4/c1-11(2)14-6-4-12(3)8-17(14)25-18(22)10-24-19(23)15-9-13(20)5-7-16(15)21/h5,7,9,11-12,14,17H,4,6,8,10H2,1-3H3/t12-,14-,17+/m1/s1. The number of halogens is 2. The van der Waals surface area contributed by atoms with Crippen molar-refractivity contribution >= 4 is 39.5 Å². The lowest BCUT2D eigenvalue weighted by Gasteiger charge is -2.36. The molecular formula is C19H24BrClO4. The maximum absolute atomic E-state index is 12.1. The van der Waals surface area contributed by atoms with Crippen LogP contribution in [0.1, 0.15) is 50.4 Å². The summed E-state index contributed by atoms with van der Waals surface area (Å²) in [6.07, 6.45) is 2.97. The van der Waals surface area contributed by atoms with Crippen LogP contribution in [0.3, 0.4) is 0 Å². The van der Waals surface area contributed by atoms with Crippen molar-refractivity contribution in [1.82, 2.24) is 0 Å². The molecule has 2 rings (SSSR count). The van der Waals surface area contributed by atoms with E-state index in [4.69, 9.17) is 21.1 Å². The minimum Gasteiger partial charge on any atom is -0.460 e. The van der Waals surface area contributed by atoms with Crippen molar-refractivity contribution in [3.8, 4) is 0 Å². The maximum Gasteiger partial charge on any atom is 0.344 e. The topological polar surface area (TPSA) is 52.6 Å². The van der Waals surface area contributed by atoms with Crippen LogP contribution < -0.4 is 0 Å².